The second kappa shape index (κ2) is 8.73. The lowest BCUT2D eigenvalue weighted by atomic mass is 10.1. The lowest BCUT2D eigenvalue weighted by Gasteiger charge is -2.24. The molecule has 0 saturated carbocycles. The highest BCUT2D eigenvalue weighted by Gasteiger charge is 2.45. The molecule has 0 unspecified atom stereocenters. The van der Waals surface area contributed by atoms with Gasteiger partial charge in [0.05, 0.1) is 11.7 Å². The fraction of sp³-hybridized carbons (Fsp3) is 0.389. The summed E-state index contributed by atoms with van der Waals surface area (Å²) >= 11 is 3.27. The number of hydrogen-bond donors (Lipinski definition) is 2. The molecule has 0 spiro atoms. The van der Waals surface area contributed by atoms with Crippen LogP contribution in [-0.4, -0.2) is 55.2 Å². The van der Waals surface area contributed by atoms with Gasteiger partial charge in [0.25, 0.3) is 0 Å². The van der Waals surface area contributed by atoms with Gasteiger partial charge in [0.2, 0.25) is 11.7 Å². The zero-order valence-electron chi connectivity index (χ0n) is 15.9. The number of pyridine rings is 1. The maximum absolute atomic E-state index is 13.9. The topological polar surface area (TPSA) is 108 Å². The summed E-state index contributed by atoms with van der Waals surface area (Å²) in [5.74, 6) is -1.93. The molecule has 31 heavy (non-hydrogen) atoms. The Morgan fingerprint density at radius 1 is 1.26 bits per heavy atom. The van der Waals surface area contributed by atoms with E-state index in [1.807, 2.05) is 0 Å². The Morgan fingerprint density at radius 2 is 1.90 bits per heavy atom. The SMILES string of the molecule is C[C@H]1[C@H](F)C[C@@H](C(=O)NCc2cc(-c3cnc(C(F)(F)F)nc3)ncc2Br)N1C(=O)O. The molecule has 3 rings (SSSR count). The highest BCUT2D eigenvalue weighted by atomic mass is 79.9. The predicted octanol–water partition coefficient (Wildman–Crippen LogP) is 3.42. The minimum atomic E-state index is -4.67. The van der Waals surface area contributed by atoms with Gasteiger partial charge in [-0.25, -0.2) is 19.2 Å². The molecule has 2 aromatic rings. The summed E-state index contributed by atoms with van der Waals surface area (Å²) < 4.78 is 52.3. The molecule has 3 atom stereocenters. The van der Waals surface area contributed by atoms with Crippen LogP contribution >= 0.6 is 15.9 Å². The molecule has 3 heterocycles. The number of carbonyl (C=O) groups is 2. The van der Waals surface area contributed by atoms with E-state index >= 15 is 0 Å². The van der Waals surface area contributed by atoms with E-state index in [-0.39, 0.29) is 24.2 Å². The van der Waals surface area contributed by atoms with Gasteiger partial charge in [0, 0.05) is 41.6 Å². The van der Waals surface area contributed by atoms with Gasteiger partial charge >= 0.3 is 12.3 Å². The number of aromatic nitrogens is 3. The molecule has 13 heteroatoms. The van der Waals surface area contributed by atoms with Crippen LogP contribution in [0.25, 0.3) is 11.3 Å². The Kier molecular flexibility index (Phi) is 6.43. The van der Waals surface area contributed by atoms with Crippen molar-refractivity contribution in [3.05, 3.63) is 40.5 Å². The van der Waals surface area contributed by atoms with E-state index in [0.717, 1.165) is 17.3 Å². The van der Waals surface area contributed by atoms with Crippen molar-refractivity contribution in [2.24, 2.45) is 0 Å². The second-order valence-corrected chi connectivity index (χ2v) is 7.72. The van der Waals surface area contributed by atoms with Crippen molar-refractivity contribution in [2.75, 3.05) is 0 Å². The number of amides is 2. The average Bonchev–Trinajstić information content (AvgIpc) is 3.01. The Hall–Kier alpha value is -2.83. The average molecular weight is 506 g/mol. The molecule has 1 aliphatic rings. The summed E-state index contributed by atoms with van der Waals surface area (Å²) in [4.78, 5) is 35.3. The van der Waals surface area contributed by atoms with Gasteiger partial charge in [0.15, 0.2) is 0 Å². The van der Waals surface area contributed by atoms with Crippen molar-refractivity contribution in [3.63, 3.8) is 0 Å². The number of nitrogens with zero attached hydrogens (tertiary/aromatic N) is 4. The van der Waals surface area contributed by atoms with Crippen LogP contribution in [0, 0.1) is 0 Å². The largest absolute Gasteiger partial charge is 0.465 e. The predicted molar refractivity (Wildman–Crippen MR) is 102 cm³/mol. The normalized spacial score (nSPS) is 21.2. The highest BCUT2D eigenvalue weighted by molar-refractivity contribution is 9.10. The molecule has 2 amide bonds. The first-order valence-electron chi connectivity index (χ1n) is 8.96. The molecule has 1 aliphatic heterocycles. The van der Waals surface area contributed by atoms with Gasteiger partial charge in [-0.2, -0.15) is 13.2 Å². The molecule has 0 radical (unpaired) electrons. The van der Waals surface area contributed by atoms with Crippen LogP contribution in [0.2, 0.25) is 0 Å². The van der Waals surface area contributed by atoms with E-state index in [4.69, 9.17) is 0 Å². The fourth-order valence-corrected chi connectivity index (χ4v) is 3.56. The fourth-order valence-electron chi connectivity index (χ4n) is 3.20. The standard InChI is InChI=1S/C18H16BrF4N5O3/c1-8-12(20)3-14(28(8)17(30)31)15(29)25-4-9-2-13(24-7-11(9)19)10-5-26-16(27-6-10)18(21,22)23/h2,5-8,12,14H,3-4H2,1H3,(H,25,29)(H,30,31)/t8-,12+,14-/m0/s1. The van der Waals surface area contributed by atoms with Crippen molar-refractivity contribution >= 4 is 27.9 Å². The van der Waals surface area contributed by atoms with Crippen LogP contribution in [0.15, 0.2) is 29.1 Å². The Bertz CT molecular complexity index is 989. The van der Waals surface area contributed by atoms with E-state index < -0.39 is 42.3 Å². The summed E-state index contributed by atoms with van der Waals surface area (Å²) in [6, 6.07) is -0.585. The number of halogens is 5. The monoisotopic (exact) mass is 505 g/mol. The number of nitrogens with one attached hydrogen (secondary N) is 1. The van der Waals surface area contributed by atoms with Crippen LogP contribution in [-0.2, 0) is 17.5 Å². The lowest BCUT2D eigenvalue weighted by Crippen LogP contribution is -2.47. The van der Waals surface area contributed by atoms with E-state index in [9.17, 15) is 32.3 Å². The maximum Gasteiger partial charge on any atom is 0.451 e. The highest BCUT2D eigenvalue weighted by Crippen LogP contribution is 2.29. The van der Waals surface area contributed by atoms with Crippen LogP contribution < -0.4 is 5.32 Å². The Labute approximate surface area is 181 Å². The second-order valence-electron chi connectivity index (χ2n) is 6.87. The molecule has 1 fully saturated rings. The van der Waals surface area contributed by atoms with E-state index in [2.05, 4.69) is 36.2 Å². The molecule has 0 aliphatic carbocycles. The van der Waals surface area contributed by atoms with Crippen molar-refractivity contribution < 1.29 is 32.3 Å². The maximum atomic E-state index is 13.9. The number of likely N-dealkylation sites (tertiary alicyclic amines) is 1. The first-order chi connectivity index (χ1) is 14.5. The number of carboxylic acid groups (broad SMARTS) is 1. The summed E-state index contributed by atoms with van der Waals surface area (Å²) in [6.45, 7) is 1.34. The van der Waals surface area contributed by atoms with Gasteiger partial charge in [0.1, 0.15) is 12.2 Å². The molecule has 2 aromatic heterocycles. The molecule has 0 bridgehead atoms. The van der Waals surface area contributed by atoms with E-state index in [1.165, 1.54) is 19.2 Å². The van der Waals surface area contributed by atoms with Gasteiger partial charge in [-0.05, 0) is 34.5 Å². The first-order valence-corrected chi connectivity index (χ1v) is 9.75. The zero-order valence-corrected chi connectivity index (χ0v) is 17.5. The molecule has 1 saturated heterocycles. The van der Waals surface area contributed by atoms with E-state index in [0.29, 0.717) is 10.0 Å². The number of hydrogen-bond acceptors (Lipinski definition) is 5. The number of carbonyl (C=O) groups excluding carboxylic acids is 1. The van der Waals surface area contributed by atoms with Crippen molar-refractivity contribution in [3.8, 4) is 11.3 Å². The third-order valence-electron chi connectivity index (χ3n) is 4.86. The minimum absolute atomic E-state index is 0.0499. The smallest absolute Gasteiger partial charge is 0.451 e. The van der Waals surface area contributed by atoms with Crippen LogP contribution in [0.4, 0.5) is 22.4 Å². The summed E-state index contributed by atoms with van der Waals surface area (Å²) in [6.07, 6.45) is -4.38. The van der Waals surface area contributed by atoms with Crippen LogP contribution in [0.3, 0.4) is 0 Å². The van der Waals surface area contributed by atoms with Crippen molar-refractivity contribution in [1.29, 1.82) is 0 Å². The molecular weight excluding hydrogens is 490 g/mol. The van der Waals surface area contributed by atoms with E-state index in [1.54, 1.807) is 0 Å². The van der Waals surface area contributed by atoms with Gasteiger partial charge in [-0.1, -0.05) is 0 Å². The molecule has 2 N–H and O–H groups in total. The lowest BCUT2D eigenvalue weighted by molar-refractivity contribution is -0.145. The molecular formula is C18H16BrF4N5O3. The molecule has 166 valence electrons. The number of rotatable bonds is 4. The Balaban J connectivity index is 1.74. The van der Waals surface area contributed by atoms with Gasteiger partial charge < -0.3 is 10.4 Å². The quantitative estimate of drug-likeness (QED) is 0.616. The van der Waals surface area contributed by atoms with Crippen molar-refractivity contribution in [2.45, 2.75) is 44.3 Å². The number of alkyl halides is 4. The first kappa shape index (κ1) is 22.8. The van der Waals surface area contributed by atoms with Crippen LogP contribution in [0.1, 0.15) is 24.7 Å². The Morgan fingerprint density at radius 3 is 2.48 bits per heavy atom. The third kappa shape index (κ3) is 4.92. The summed E-state index contributed by atoms with van der Waals surface area (Å²) in [7, 11) is 0. The van der Waals surface area contributed by atoms with Crippen LogP contribution in [0.5, 0.6) is 0 Å². The van der Waals surface area contributed by atoms with Gasteiger partial charge in [-0.15, -0.1) is 0 Å². The molecule has 0 aromatic carbocycles. The van der Waals surface area contributed by atoms with Gasteiger partial charge in [-0.3, -0.25) is 14.7 Å². The van der Waals surface area contributed by atoms with Crippen molar-refractivity contribution in [1.82, 2.24) is 25.2 Å². The summed E-state index contributed by atoms with van der Waals surface area (Å²) in [5, 5.41) is 11.8. The zero-order chi connectivity index (χ0) is 22.9. The molecule has 8 nitrogen and oxygen atoms in total. The minimum Gasteiger partial charge on any atom is -0.465 e. The summed E-state index contributed by atoms with van der Waals surface area (Å²) in [5.41, 5.74) is 1.02. The third-order valence-corrected chi connectivity index (χ3v) is 5.57.